The fraction of sp³-hybridized carbons (Fsp3) is 0. The average molecular weight is 125 g/mol. The Morgan fingerprint density at radius 3 is 1.00 bits per heavy atom. The average Bonchev–Trinajstić information content (AvgIpc) is 0. The molecule has 4 heavy (non-hydrogen) atoms. The van der Waals surface area contributed by atoms with E-state index in [4.69, 9.17) is 0 Å². The van der Waals surface area contributed by atoms with Gasteiger partial charge in [-0.3, -0.25) is 0 Å². The summed E-state index contributed by atoms with van der Waals surface area (Å²) in [5.41, 5.74) is 0. The third-order valence-electron chi connectivity index (χ3n) is 0. The van der Waals surface area contributed by atoms with Crippen molar-refractivity contribution in [2.24, 2.45) is 0 Å². The van der Waals surface area contributed by atoms with E-state index in [9.17, 15) is 0 Å². The van der Waals surface area contributed by atoms with Crippen molar-refractivity contribution in [3.8, 4) is 0 Å². The fourth-order valence-corrected chi connectivity index (χ4v) is 0. The minimum absolute atomic E-state index is 0. The first-order valence-corrected chi connectivity index (χ1v) is 0. The SMILES string of the molecule is N.P.S.[Ca]. The standard InChI is InChI=1S/Ca.H3N.H3P.H2S/h;2*1H3;1H2. The molecule has 0 saturated heterocycles. The summed E-state index contributed by atoms with van der Waals surface area (Å²) in [6, 6.07) is 0. The molecule has 2 radical (unpaired) electrons. The molecule has 1 nitrogen and oxygen atoms in total. The van der Waals surface area contributed by atoms with E-state index in [0.29, 0.717) is 0 Å². The van der Waals surface area contributed by atoms with Crippen molar-refractivity contribution in [1.29, 1.82) is 0 Å². The molecule has 0 bridgehead atoms. The molecule has 0 amide bonds. The van der Waals surface area contributed by atoms with Gasteiger partial charge in [0, 0.05) is 37.7 Å². The molecule has 3 N–H and O–H groups in total. The van der Waals surface area contributed by atoms with E-state index in [-0.39, 0.29) is 67.3 Å². The first-order valence-electron chi connectivity index (χ1n) is 0. The number of rotatable bonds is 0. The van der Waals surface area contributed by atoms with Gasteiger partial charge in [-0.1, -0.05) is 0 Å². The van der Waals surface area contributed by atoms with Crippen LogP contribution in [0.3, 0.4) is 0 Å². The Morgan fingerprint density at radius 1 is 1.00 bits per heavy atom. The van der Waals surface area contributed by atoms with Gasteiger partial charge in [0.05, 0.1) is 0 Å². The van der Waals surface area contributed by atoms with Crippen LogP contribution in [0.15, 0.2) is 0 Å². The quantitative estimate of drug-likeness (QED) is 0.357. The number of hydrogen-bond donors (Lipinski definition) is 1. The van der Waals surface area contributed by atoms with Gasteiger partial charge in [-0.25, -0.2) is 0 Å². The van der Waals surface area contributed by atoms with Crippen LogP contribution in [-0.4, -0.2) is 37.7 Å². The summed E-state index contributed by atoms with van der Waals surface area (Å²) in [4.78, 5) is 0. The van der Waals surface area contributed by atoms with Crippen molar-refractivity contribution < 1.29 is 0 Å². The van der Waals surface area contributed by atoms with E-state index in [1.807, 2.05) is 0 Å². The normalized spacial score (nSPS) is 0. The van der Waals surface area contributed by atoms with Crippen molar-refractivity contribution in [3.63, 3.8) is 0 Å². The van der Waals surface area contributed by atoms with Crippen LogP contribution in [0, 0.1) is 0 Å². The summed E-state index contributed by atoms with van der Waals surface area (Å²) in [5, 5.41) is 0. The van der Waals surface area contributed by atoms with Gasteiger partial charge in [-0.05, 0) is 0 Å². The van der Waals surface area contributed by atoms with Crippen molar-refractivity contribution >= 4 is 61.1 Å². The second kappa shape index (κ2) is 20.0. The zero-order chi connectivity index (χ0) is 0. The molecule has 0 aromatic rings. The van der Waals surface area contributed by atoms with Gasteiger partial charge in [-0.15, -0.1) is 0 Å². The molecule has 26 valence electrons. The summed E-state index contributed by atoms with van der Waals surface area (Å²) in [7, 11) is 0. The Balaban J connectivity index is 0. The summed E-state index contributed by atoms with van der Waals surface area (Å²) in [6.45, 7) is 0. The van der Waals surface area contributed by atoms with Crippen LogP contribution >= 0.6 is 23.4 Å². The Bertz CT molecular complexity index is 8.00. The number of hydrogen-bond acceptors (Lipinski definition) is 1. The van der Waals surface area contributed by atoms with Gasteiger partial charge < -0.3 is 6.15 Å². The van der Waals surface area contributed by atoms with Crippen LogP contribution in [-0.2, 0) is 0 Å². The maximum Gasteiger partial charge on any atom is 0 e. The monoisotopic (exact) mass is 125 g/mol. The maximum absolute atomic E-state index is 0. The van der Waals surface area contributed by atoms with Gasteiger partial charge in [0.1, 0.15) is 0 Å². The van der Waals surface area contributed by atoms with Crippen LogP contribution in [0.1, 0.15) is 0 Å². The Kier molecular flexibility index (Phi) is 188. The molecule has 4 heteroatoms. The van der Waals surface area contributed by atoms with Gasteiger partial charge in [0.2, 0.25) is 0 Å². The van der Waals surface area contributed by atoms with Gasteiger partial charge in [0.15, 0.2) is 0 Å². The molecule has 0 aliphatic heterocycles. The van der Waals surface area contributed by atoms with Crippen molar-refractivity contribution in [2.45, 2.75) is 0 Å². The van der Waals surface area contributed by atoms with Crippen LogP contribution in [0.25, 0.3) is 0 Å². The third kappa shape index (κ3) is 9.00. The maximum atomic E-state index is 0. The van der Waals surface area contributed by atoms with Crippen molar-refractivity contribution in [2.75, 3.05) is 0 Å². The largest absolute Gasteiger partial charge is 0.344 e. The predicted octanol–water partition coefficient (Wildman–Crippen LogP) is -0.0479. The zero-order valence-electron chi connectivity index (χ0n) is 2.62. The molecule has 0 aliphatic carbocycles. The van der Waals surface area contributed by atoms with E-state index < -0.39 is 0 Å². The summed E-state index contributed by atoms with van der Waals surface area (Å²) < 4.78 is 0. The van der Waals surface area contributed by atoms with E-state index in [0.717, 1.165) is 0 Å². The molecule has 0 aromatic carbocycles. The second-order valence-corrected chi connectivity index (χ2v) is 0. The Labute approximate surface area is 66.6 Å². The van der Waals surface area contributed by atoms with Crippen LogP contribution in [0.4, 0.5) is 0 Å². The third-order valence-corrected chi connectivity index (χ3v) is 0. The molecule has 0 saturated carbocycles. The van der Waals surface area contributed by atoms with Gasteiger partial charge in [-0.2, -0.15) is 23.4 Å². The molecule has 0 spiro atoms. The van der Waals surface area contributed by atoms with Crippen molar-refractivity contribution in [3.05, 3.63) is 0 Å². The van der Waals surface area contributed by atoms with Gasteiger partial charge >= 0.3 is 0 Å². The van der Waals surface area contributed by atoms with Crippen LogP contribution < -0.4 is 6.15 Å². The Morgan fingerprint density at radius 2 is 1.00 bits per heavy atom. The topological polar surface area (TPSA) is 35.0 Å². The molecule has 0 aliphatic rings. The summed E-state index contributed by atoms with van der Waals surface area (Å²) >= 11 is 0. The van der Waals surface area contributed by atoms with Crippen molar-refractivity contribution in [1.82, 2.24) is 6.15 Å². The molecule has 1 atom stereocenters. The first-order chi connectivity index (χ1) is 0. The molecule has 0 rings (SSSR count). The smallest absolute Gasteiger partial charge is 0 e. The first kappa shape index (κ1) is 37.5. The van der Waals surface area contributed by atoms with Crippen LogP contribution in [0.2, 0.25) is 0 Å². The predicted molar refractivity (Wildman–Crippen MR) is 32.3 cm³/mol. The molecular weight excluding hydrogens is 117 g/mol. The zero-order valence-corrected chi connectivity index (χ0v) is 7.24. The second-order valence-electron chi connectivity index (χ2n) is 0. The van der Waals surface area contributed by atoms with Crippen LogP contribution in [0.5, 0.6) is 0 Å². The minimum Gasteiger partial charge on any atom is -0.344 e. The fourth-order valence-electron chi connectivity index (χ4n) is 0. The Hall–Kier alpha value is 2.00. The van der Waals surface area contributed by atoms with E-state index >= 15 is 0 Å². The molecule has 0 fully saturated rings. The van der Waals surface area contributed by atoms with E-state index in [1.54, 1.807) is 0 Å². The van der Waals surface area contributed by atoms with Gasteiger partial charge in [0.25, 0.3) is 0 Å². The summed E-state index contributed by atoms with van der Waals surface area (Å²) in [6.07, 6.45) is 0. The summed E-state index contributed by atoms with van der Waals surface area (Å²) in [5.74, 6) is 0. The molecule has 0 heterocycles. The van der Waals surface area contributed by atoms with E-state index in [1.165, 1.54) is 0 Å². The molecule has 1 unspecified atom stereocenters. The van der Waals surface area contributed by atoms with E-state index in [2.05, 4.69) is 0 Å². The minimum atomic E-state index is 0. The molecular formula is H8CaNPS. The molecule has 0 aromatic heterocycles.